The molecule has 4 heteroatoms. The molecule has 2 aliphatic carbocycles. The van der Waals surface area contributed by atoms with E-state index in [0.29, 0.717) is 12.1 Å². The zero-order valence-corrected chi connectivity index (χ0v) is 13.4. The normalized spacial score (nSPS) is 41.3. The third-order valence-electron chi connectivity index (χ3n) is 5.64. The van der Waals surface area contributed by atoms with E-state index in [4.69, 9.17) is 14.2 Å². The van der Waals surface area contributed by atoms with Gasteiger partial charge in [-0.15, -0.1) is 0 Å². The smallest absolute Gasteiger partial charge is 0.169 e. The van der Waals surface area contributed by atoms with Crippen LogP contribution in [0.25, 0.3) is 0 Å². The van der Waals surface area contributed by atoms with Crippen LogP contribution in [0.5, 0.6) is 0 Å². The van der Waals surface area contributed by atoms with Gasteiger partial charge in [-0.05, 0) is 50.4 Å². The maximum Gasteiger partial charge on any atom is 0.169 e. The number of methoxy groups -OCH3 is 1. The molecule has 0 aromatic heterocycles. The Bertz CT molecular complexity index is 288. The first kappa shape index (κ1) is 15.7. The second-order valence-corrected chi connectivity index (χ2v) is 7.02. The van der Waals surface area contributed by atoms with Crippen molar-refractivity contribution >= 4 is 0 Å². The second kappa shape index (κ2) is 7.91. The molecule has 1 aliphatic heterocycles. The van der Waals surface area contributed by atoms with Gasteiger partial charge >= 0.3 is 0 Å². The predicted molar refractivity (Wildman–Crippen MR) is 82.2 cm³/mol. The molecule has 0 radical (unpaired) electrons. The number of nitrogens with one attached hydrogen (secondary N) is 1. The van der Waals surface area contributed by atoms with Gasteiger partial charge in [0, 0.05) is 19.7 Å². The topological polar surface area (TPSA) is 39.7 Å². The summed E-state index contributed by atoms with van der Waals surface area (Å²) in [6, 6.07) is 0.606. The third kappa shape index (κ3) is 4.41. The van der Waals surface area contributed by atoms with Crippen LogP contribution in [-0.4, -0.2) is 45.3 Å². The van der Waals surface area contributed by atoms with Crippen molar-refractivity contribution in [2.75, 3.05) is 26.9 Å². The summed E-state index contributed by atoms with van der Waals surface area (Å²) in [5.41, 5.74) is 0. The Morgan fingerprint density at radius 2 is 1.52 bits per heavy atom. The zero-order valence-electron chi connectivity index (χ0n) is 13.4. The molecule has 21 heavy (non-hydrogen) atoms. The lowest BCUT2D eigenvalue weighted by molar-refractivity contribution is -0.128. The van der Waals surface area contributed by atoms with E-state index in [2.05, 4.69) is 5.32 Å². The number of fused-ring (bicyclic) bond motifs is 1. The van der Waals surface area contributed by atoms with Gasteiger partial charge in [0.25, 0.3) is 0 Å². The van der Waals surface area contributed by atoms with Crippen molar-refractivity contribution in [1.29, 1.82) is 0 Å². The summed E-state index contributed by atoms with van der Waals surface area (Å²) in [5, 5.41) is 3.64. The Balaban J connectivity index is 1.38. The summed E-state index contributed by atoms with van der Waals surface area (Å²) >= 11 is 0. The van der Waals surface area contributed by atoms with Gasteiger partial charge in [-0.2, -0.15) is 0 Å². The Morgan fingerprint density at radius 1 is 0.905 bits per heavy atom. The van der Waals surface area contributed by atoms with Gasteiger partial charge in [0.05, 0.1) is 19.3 Å². The van der Waals surface area contributed by atoms with Crippen LogP contribution in [0.15, 0.2) is 0 Å². The van der Waals surface area contributed by atoms with E-state index in [0.717, 1.165) is 31.6 Å². The minimum atomic E-state index is -0.0456. The van der Waals surface area contributed by atoms with E-state index in [-0.39, 0.29) is 6.29 Å². The van der Waals surface area contributed by atoms with Crippen LogP contribution in [0.4, 0.5) is 0 Å². The average Bonchev–Trinajstić information content (AvgIpc) is 2.76. The lowest BCUT2D eigenvalue weighted by Crippen LogP contribution is -2.40. The molecule has 2 unspecified atom stereocenters. The molecule has 122 valence electrons. The summed E-state index contributed by atoms with van der Waals surface area (Å²) in [7, 11) is 1.82. The molecule has 4 nitrogen and oxygen atoms in total. The maximum atomic E-state index is 6.00. The fraction of sp³-hybridized carbons (Fsp3) is 1.00. The zero-order chi connectivity index (χ0) is 14.5. The summed E-state index contributed by atoms with van der Waals surface area (Å²) in [5.74, 6) is 1.47. The molecule has 0 aromatic rings. The highest BCUT2D eigenvalue weighted by Gasteiger charge is 2.30. The first-order valence-corrected chi connectivity index (χ1v) is 8.84. The maximum absolute atomic E-state index is 6.00. The second-order valence-electron chi connectivity index (χ2n) is 7.02. The first-order chi connectivity index (χ1) is 10.3. The Hall–Kier alpha value is -0.160. The van der Waals surface area contributed by atoms with Gasteiger partial charge in [-0.1, -0.05) is 12.8 Å². The number of ether oxygens (including phenoxy) is 3. The largest absolute Gasteiger partial charge is 0.381 e. The van der Waals surface area contributed by atoms with Crippen LogP contribution in [0.1, 0.15) is 51.4 Å². The van der Waals surface area contributed by atoms with Crippen LogP contribution in [0.2, 0.25) is 0 Å². The minimum absolute atomic E-state index is 0.0456. The monoisotopic (exact) mass is 297 g/mol. The van der Waals surface area contributed by atoms with Gasteiger partial charge in [0.1, 0.15) is 0 Å². The SMILES string of the molecule is COC1CCC(NCC2OCC3CCCCC3CO2)CC1. The molecule has 3 aliphatic rings. The van der Waals surface area contributed by atoms with Crippen molar-refractivity contribution in [2.24, 2.45) is 11.8 Å². The first-order valence-electron chi connectivity index (χ1n) is 8.84. The third-order valence-corrected chi connectivity index (χ3v) is 5.64. The Morgan fingerprint density at radius 3 is 2.10 bits per heavy atom. The molecule has 1 N–H and O–H groups in total. The highest BCUT2D eigenvalue weighted by molar-refractivity contribution is 4.80. The molecule has 0 aromatic carbocycles. The lowest BCUT2D eigenvalue weighted by Gasteiger charge is -2.29. The molecular weight excluding hydrogens is 266 g/mol. The Labute approximate surface area is 128 Å². The predicted octanol–water partition coefficient (Wildman–Crippen LogP) is 2.71. The van der Waals surface area contributed by atoms with Crippen molar-refractivity contribution in [3.8, 4) is 0 Å². The highest BCUT2D eigenvalue weighted by atomic mass is 16.7. The van der Waals surface area contributed by atoms with E-state index in [1.54, 1.807) is 0 Å². The van der Waals surface area contributed by atoms with Crippen LogP contribution < -0.4 is 5.32 Å². The van der Waals surface area contributed by atoms with Gasteiger partial charge in [0.2, 0.25) is 0 Å². The Kier molecular flexibility index (Phi) is 5.92. The van der Waals surface area contributed by atoms with Crippen LogP contribution in [0.3, 0.4) is 0 Å². The van der Waals surface area contributed by atoms with Crippen LogP contribution >= 0.6 is 0 Å². The van der Waals surface area contributed by atoms with Crippen LogP contribution in [-0.2, 0) is 14.2 Å². The van der Waals surface area contributed by atoms with Gasteiger partial charge < -0.3 is 19.5 Å². The molecule has 1 heterocycles. The summed E-state index contributed by atoms with van der Waals surface area (Å²) < 4.78 is 17.4. The molecule has 0 spiro atoms. The number of hydrogen-bond acceptors (Lipinski definition) is 4. The van der Waals surface area contributed by atoms with Gasteiger partial charge in [0.15, 0.2) is 6.29 Å². The average molecular weight is 297 g/mol. The van der Waals surface area contributed by atoms with Crippen molar-refractivity contribution in [1.82, 2.24) is 5.32 Å². The van der Waals surface area contributed by atoms with E-state index in [9.17, 15) is 0 Å². The fourth-order valence-corrected chi connectivity index (χ4v) is 4.12. The molecule has 3 fully saturated rings. The number of hydrogen-bond donors (Lipinski definition) is 1. The van der Waals surface area contributed by atoms with Gasteiger partial charge in [-0.25, -0.2) is 0 Å². The fourth-order valence-electron chi connectivity index (χ4n) is 4.12. The quantitative estimate of drug-likeness (QED) is 0.866. The minimum Gasteiger partial charge on any atom is -0.381 e. The molecular formula is C17H31NO3. The standard InChI is InChI=1S/C17H31NO3/c1-19-16-8-6-15(7-9-16)18-10-17-20-11-13-4-2-3-5-14(13)12-21-17/h13-18H,2-12H2,1H3. The van der Waals surface area contributed by atoms with Crippen molar-refractivity contribution in [2.45, 2.75) is 69.8 Å². The van der Waals surface area contributed by atoms with E-state index < -0.39 is 0 Å². The molecule has 2 atom stereocenters. The molecule has 0 amide bonds. The van der Waals surface area contributed by atoms with Crippen molar-refractivity contribution in [3.63, 3.8) is 0 Å². The number of rotatable bonds is 4. The highest BCUT2D eigenvalue weighted by Crippen LogP contribution is 2.32. The van der Waals surface area contributed by atoms with Crippen LogP contribution in [0, 0.1) is 11.8 Å². The van der Waals surface area contributed by atoms with Gasteiger partial charge in [-0.3, -0.25) is 0 Å². The van der Waals surface area contributed by atoms with E-state index >= 15 is 0 Å². The summed E-state index contributed by atoms with van der Waals surface area (Å²) in [4.78, 5) is 0. The van der Waals surface area contributed by atoms with E-state index in [1.165, 1.54) is 51.4 Å². The summed E-state index contributed by atoms with van der Waals surface area (Å²) in [6.07, 6.45) is 10.6. The van der Waals surface area contributed by atoms with Crippen molar-refractivity contribution in [3.05, 3.63) is 0 Å². The molecule has 2 saturated carbocycles. The molecule has 1 saturated heterocycles. The molecule has 0 bridgehead atoms. The molecule has 3 rings (SSSR count). The van der Waals surface area contributed by atoms with E-state index in [1.807, 2.05) is 7.11 Å². The van der Waals surface area contributed by atoms with Crippen molar-refractivity contribution < 1.29 is 14.2 Å². The lowest BCUT2D eigenvalue weighted by atomic mass is 9.80. The summed E-state index contributed by atoms with van der Waals surface area (Å²) in [6.45, 7) is 2.63.